The van der Waals surface area contributed by atoms with E-state index in [4.69, 9.17) is 0 Å². The fourth-order valence-corrected chi connectivity index (χ4v) is 2.84. The van der Waals surface area contributed by atoms with Crippen molar-refractivity contribution < 1.29 is 14.8 Å². The standard InChI is InChI=1S/C14H18N2O4/c1-9(2)12-4-3-7-15(12)13-6-5-10(16(19)20)8-11(13)14(17)18/h5-6,8-9,12H,3-4,7H2,1-2H3,(H,17,18). The number of carbonyl (C=O) groups is 1. The summed E-state index contributed by atoms with van der Waals surface area (Å²) in [6.07, 6.45) is 2.03. The van der Waals surface area contributed by atoms with Crippen LogP contribution in [0, 0.1) is 16.0 Å². The number of rotatable bonds is 4. The van der Waals surface area contributed by atoms with Gasteiger partial charge in [-0.05, 0) is 24.8 Å². The molecule has 1 aliphatic heterocycles. The van der Waals surface area contributed by atoms with E-state index in [2.05, 4.69) is 18.7 Å². The minimum atomic E-state index is -1.13. The first kappa shape index (κ1) is 14.3. The molecule has 20 heavy (non-hydrogen) atoms. The fourth-order valence-electron chi connectivity index (χ4n) is 2.84. The maximum Gasteiger partial charge on any atom is 0.338 e. The van der Waals surface area contributed by atoms with Crippen LogP contribution in [0.4, 0.5) is 11.4 Å². The van der Waals surface area contributed by atoms with Crippen molar-refractivity contribution in [1.82, 2.24) is 0 Å². The van der Waals surface area contributed by atoms with E-state index in [1.54, 1.807) is 6.07 Å². The van der Waals surface area contributed by atoms with E-state index in [0.29, 0.717) is 11.6 Å². The Labute approximate surface area is 117 Å². The third-order valence-corrected chi connectivity index (χ3v) is 3.80. The molecule has 0 aromatic heterocycles. The van der Waals surface area contributed by atoms with Gasteiger partial charge >= 0.3 is 5.97 Å². The number of hydrogen-bond acceptors (Lipinski definition) is 4. The maximum absolute atomic E-state index is 11.4. The first-order chi connectivity index (χ1) is 9.41. The van der Waals surface area contributed by atoms with Gasteiger partial charge in [0.25, 0.3) is 5.69 Å². The van der Waals surface area contributed by atoms with Gasteiger partial charge in [0.05, 0.1) is 16.2 Å². The van der Waals surface area contributed by atoms with Crippen molar-refractivity contribution in [2.45, 2.75) is 32.7 Å². The van der Waals surface area contributed by atoms with Crippen LogP contribution in [0.15, 0.2) is 18.2 Å². The molecule has 1 atom stereocenters. The number of benzene rings is 1. The Morgan fingerprint density at radius 2 is 2.20 bits per heavy atom. The van der Waals surface area contributed by atoms with Crippen LogP contribution in [-0.2, 0) is 0 Å². The Morgan fingerprint density at radius 3 is 2.75 bits per heavy atom. The summed E-state index contributed by atoms with van der Waals surface area (Å²) in [5.74, 6) is -0.715. The molecule has 1 saturated heterocycles. The van der Waals surface area contributed by atoms with Crippen molar-refractivity contribution in [3.8, 4) is 0 Å². The van der Waals surface area contributed by atoms with Gasteiger partial charge in [-0.1, -0.05) is 13.8 Å². The molecule has 0 amide bonds. The van der Waals surface area contributed by atoms with Crippen molar-refractivity contribution in [2.24, 2.45) is 5.92 Å². The zero-order valence-corrected chi connectivity index (χ0v) is 11.6. The van der Waals surface area contributed by atoms with Crippen molar-refractivity contribution in [3.05, 3.63) is 33.9 Å². The van der Waals surface area contributed by atoms with E-state index in [1.165, 1.54) is 6.07 Å². The number of aromatic carboxylic acids is 1. The lowest BCUT2D eigenvalue weighted by Crippen LogP contribution is -2.34. The second-order valence-electron chi connectivity index (χ2n) is 5.41. The van der Waals surface area contributed by atoms with Crippen LogP contribution in [0.3, 0.4) is 0 Å². The maximum atomic E-state index is 11.4. The summed E-state index contributed by atoms with van der Waals surface area (Å²) < 4.78 is 0. The summed E-state index contributed by atoms with van der Waals surface area (Å²) in [5.41, 5.74) is 0.400. The lowest BCUT2D eigenvalue weighted by atomic mass is 10.0. The number of nitro benzene ring substituents is 1. The Bertz CT molecular complexity index is 542. The third-order valence-electron chi connectivity index (χ3n) is 3.80. The van der Waals surface area contributed by atoms with Crippen LogP contribution in [0.2, 0.25) is 0 Å². The van der Waals surface area contributed by atoms with Crippen LogP contribution >= 0.6 is 0 Å². The van der Waals surface area contributed by atoms with Gasteiger partial charge in [0.15, 0.2) is 0 Å². The van der Waals surface area contributed by atoms with Crippen molar-refractivity contribution in [3.63, 3.8) is 0 Å². The van der Waals surface area contributed by atoms with E-state index in [0.717, 1.165) is 25.5 Å². The highest BCUT2D eigenvalue weighted by Crippen LogP contribution is 2.33. The lowest BCUT2D eigenvalue weighted by molar-refractivity contribution is -0.384. The molecule has 1 aromatic rings. The van der Waals surface area contributed by atoms with Gasteiger partial charge in [-0.15, -0.1) is 0 Å². The molecule has 0 bridgehead atoms. The molecule has 0 saturated carbocycles. The highest BCUT2D eigenvalue weighted by Gasteiger charge is 2.30. The average Bonchev–Trinajstić information content (AvgIpc) is 2.86. The summed E-state index contributed by atoms with van der Waals surface area (Å²) in [6, 6.07) is 4.36. The minimum absolute atomic E-state index is 0.00625. The molecular formula is C14H18N2O4. The van der Waals surface area contributed by atoms with Gasteiger partial charge in [0, 0.05) is 24.7 Å². The molecule has 1 aromatic carbocycles. The molecule has 1 heterocycles. The second-order valence-corrected chi connectivity index (χ2v) is 5.41. The zero-order valence-electron chi connectivity index (χ0n) is 11.6. The summed E-state index contributed by atoms with van der Waals surface area (Å²) in [7, 11) is 0. The van der Waals surface area contributed by atoms with Crippen molar-refractivity contribution >= 4 is 17.3 Å². The number of nitrogens with zero attached hydrogens (tertiary/aromatic N) is 2. The van der Waals surface area contributed by atoms with E-state index in [-0.39, 0.29) is 17.3 Å². The summed E-state index contributed by atoms with van der Waals surface area (Å²) >= 11 is 0. The van der Waals surface area contributed by atoms with Gasteiger partial charge in [-0.2, -0.15) is 0 Å². The molecule has 0 spiro atoms. The molecule has 1 unspecified atom stereocenters. The first-order valence-electron chi connectivity index (χ1n) is 6.70. The highest BCUT2D eigenvalue weighted by molar-refractivity contribution is 5.95. The number of nitro groups is 1. The van der Waals surface area contributed by atoms with E-state index < -0.39 is 10.9 Å². The molecule has 6 nitrogen and oxygen atoms in total. The molecule has 0 radical (unpaired) electrons. The van der Waals surface area contributed by atoms with Gasteiger partial charge < -0.3 is 10.0 Å². The molecule has 0 aliphatic carbocycles. The van der Waals surface area contributed by atoms with Crippen LogP contribution in [0.25, 0.3) is 0 Å². The Balaban J connectivity index is 2.45. The monoisotopic (exact) mass is 278 g/mol. The number of carboxylic acids is 1. The number of carboxylic acid groups (broad SMARTS) is 1. The normalized spacial score (nSPS) is 18.6. The van der Waals surface area contributed by atoms with Crippen LogP contribution < -0.4 is 4.90 Å². The van der Waals surface area contributed by atoms with Gasteiger partial charge in [-0.25, -0.2) is 4.79 Å². The van der Waals surface area contributed by atoms with Crippen molar-refractivity contribution in [1.29, 1.82) is 0 Å². The summed E-state index contributed by atoms with van der Waals surface area (Å²) in [4.78, 5) is 23.7. The Morgan fingerprint density at radius 1 is 1.50 bits per heavy atom. The lowest BCUT2D eigenvalue weighted by Gasteiger charge is -2.30. The van der Waals surface area contributed by atoms with Gasteiger partial charge in [-0.3, -0.25) is 10.1 Å². The highest BCUT2D eigenvalue weighted by atomic mass is 16.6. The Kier molecular flexibility index (Phi) is 3.92. The molecule has 1 fully saturated rings. The van der Waals surface area contributed by atoms with Gasteiger partial charge in [0.2, 0.25) is 0 Å². The van der Waals surface area contributed by atoms with Crippen LogP contribution in [-0.4, -0.2) is 28.6 Å². The number of hydrogen-bond donors (Lipinski definition) is 1. The molecular weight excluding hydrogens is 260 g/mol. The number of anilines is 1. The summed E-state index contributed by atoms with van der Waals surface area (Å²) in [5, 5.41) is 20.1. The SMILES string of the molecule is CC(C)C1CCCN1c1ccc([N+](=O)[O-])cc1C(=O)O. The Hall–Kier alpha value is -2.11. The average molecular weight is 278 g/mol. The quantitative estimate of drug-likeness (QED) is 0.676. The van der Waals surface area contributed by atoms with E-state index >= 15 is 0 Å². The van der Waals surface area contributed by atoms with Gasteiger partial charge in [0.1, 0.15) is 0 Å². The van der Waals surface area contributed by atoms with Crippen molar-refractivity contribution in [2.75, 3.05) is 11.4 Å². The fraction of sp³-hybridized carbons (Fsp3) is 0.500. The van der Waals surface area contributed by atoms with Crippen LogP contribution in [0.5, 0.6) is 0 Å². The molecule has 2 rings (SSSR count). The molecule has 1 N–H and O–H groups in total. The largest absolute Gasteiger partial charge is 0.478 e. The molecule has 6 heteroatoms. The topological polar surface area (TPSA) is 83.7 Å². The molecule has 108 valence electrons. The minimum Gasteiger partial charge on any atom is -0.478 e. The third kappa shape index (κ3) is 2.59. The summed E-state index contributed by atoms with van der Waals surface area (Å²) in [6.45, 7) is 5.00. The second kappa shape index (κ2) is 5.48. The number of non-ortho nitro benzene ring substituents is 1. The van der Waals surface area contributed by atoms with E-state index in [9.17, 15) is 20.0 Å². The van der Waals surface area contributed by atoms with Crippen LogP contribution in [0.1, 0.15) is 37.0 Å². The van der Waals surface area contributed by atoms with E-state index in [1.807, 2.05) is 0 Å². The first-order valence-corrected chi connectivity index (χ1v) is 6.70. The zero-order chi connectivity index (χ0) is 14.9. The predicted molar refractivity (Wildman–Crippen MR) is 75.3 cm³/mol. The smallest absolute Gasteiger partial charge is 0.338 e. The predicted octanol–water partition coefficient (Wildman–Crippen LogP) is 2.92. The molecule has 1 aliphatic rings.